The van der Waals surface area contributed by atoms with Crippen molar-refractivity contribution in [2.75, 3.05) is 16.8 Å². The van der Waals surface area contributed by atoms with Gasteiger partial charge < -0.3 is 10.2 Å². The number of hydrogen-bond donors (Lipinski definition) is 1. The second-order valence-corrected chi connectivity index (χ2v) is 7.46. The molecule has 0 unspecified atom stereocenters. The van der Waals surface area contributed by atoms with Crippen LogP contribution in [0.4, 0.5) is 10.8 Å². The normalized spacial score (nSPS) is 17.0. The van der Waals surface area contributed by atoms with E-state index in [2.05, 4.69) is 15.4 Å². The van der Waals surface area contributed by atoms with Gasteiger partial charge in [0.2, 0.25) is 16.0 Å². The molecule has 1 N–H and O–H groups in total. The van der Waals surface area contributed by atoms with E-state index in [0.29, 0.717) is 15.8 Å². The van der Waals surface area contributed by atoms with Gasteiger partial charge in [-0.2, -0.15) is 4.52 Å². The largest absolute Gasteiger partial charge is 0.335 e. The summed E-state index contributed by atoms with van der Waals surface area (Å²) in [5.74, 6) is -0.0536. The molecular formula is C18H19N5O2S. The molecule has 0 spiro atoms. The second kappa shape index (κ2) is 6.53. The van der Waals surface area contributed by atoms with Gasteiger partial charge in [0.15, 0.2) is 0 Å². The van der Waals surface area contributed by atoms with Crippen molar-refractivity contribution in [1.82, 2.24) is 14.6 Å². The summed E-state index contributed by atoms with van der Waals surface area (Å²) in [6.07, 6.45) is 1.66. The molecule has 3 aromatic rings. The summed E-state index contributed by atoms with van der Waals surface area (Å²) in [4.78, 5) is 31.7. The van der Waals surface area contributed by atoms with Crippen LogP contribution in [0.1, 0.15) is 24.1 Å². The van der Waals surface area contributed by atoms with Crippen LogP contribution in [-0.2, 0) is 4.79 Å². The number of aromatic nitrogens is 3. The smallest absolute Gasteiger partial charge is 0.275 e. The Morgan fingerprint density at radius 1 is 1.27 bits per heavy atom. The monoisotopic (exact) mass is 369 g/mol. The molecule has 0 saturated carbocycles. The fourth-order valence-electron chi connectivity index (χ4n) is 3.16. The van der Waals surface area contributed by atoms with Crippen LogP contribution >= 0.6 is 11.3 Å². The van der Waals surface area contributed by atoms with Gasteiger partial charge in [-0.05, 0) is 38.8 Å². The molecule has 3 heterocycles. The SMILES string of the molecule is Cc1ccc(NC(=O)[C@@H]2CCCN2c2nn3c(=O)cc(C)nc3s2)cc1. The maximum Gasteiger partial charge on any atom is 0.275 e. The van der Waals surface area contributed by atoms with Gasteiger partial charge in [0, 0.05) is 24.0 Å². The van der Waals surface area contributed by atoms with Gasteiger partial charge in [0.25, 0.3) is 5.56 Å². The summed E-state index contributed by atoms with van der Waals surface area (Å²) >= 11 is 1.34. The van der Waals surface area contributed by atoms with Crippen molar-refractivity contribution in [3.63, 3.8) is 0 Å². The second-order valence-electron chi connectivity index (χ2n) is 6.52. The van der Waals surface area contributed by atoms with Crippen molar-refractivity contribution in [3.05, 3.63) is 51.9 Å². The van der Waals surface area contributed by atoms with Crippen molar-refractivity contribution >= 4 is 33.0 Å². The van der Waals surface area contributed by atoms with Gasteiger partial charge in [0.1, 0.15) is 6.04 Å². The predicted molar refractivity (Wildman–Crippen MR) is 102 cm³/mol. The third kappa shape index (κ3) is 3.08. The minimum Gasteiger partial charge on any atom is -0.335 e. The van der Waals surface area contributed by atoms with E-state index in [1.165, 1.54) is 21.9 Å². The summed E-state index contributed by atoms with van der Waals surface area (Å²) in [5.41, 5.74) is 2.40. The van der Waals surface area contributed by atoms with Crippen LogP contribution < -0.4 is 15.8 Å². The first kappa shape index (κ1) is 16.7. The molecule has 1 aliphatic rings. The van der Waals surface area contributed by atoms with E-state index in [9.17, 15) is 9.59 Å². The highest BCUT2D eigenvalue weighted by atomic mass is 32.1. The Bertz CT molecular complexity index is 1020. The molecule has 1 aromatic carbocycles. The van der Waals surface area contributed by atoms with Crippen molar-refractivity contribution in [1.29, 1.82) is 0 Å². The first-order valence-electron chi connectivity index (χ1n) is 8.53. The summed E-state index contributed by atoms with van der Waals surface area (Å²) in [6.45, 7) is 4.53. The Balaban J connectivity index is 1.60. The molecule has 0 radical (unpaired) electrons. The number of rotatable bonds is 3. The zero-order valence-electron chi connectivity index (χ0n) is 14.6. The number of carbonyl (C=O) groups is 1. The molecule has 0 bridgehead atoms. The average molecular weight is 369 g/mol. The van der Waals surface area contributed by atoms with E-state index in [-0.39, 0.29) is 17.5 Å². The first-order valence-corrected chi connectivity index (χ1v) is 9.34. The number of benzene rings is 1. The Kier molecular flexibility index (Phi) is 4.20. The third-order valence-electron chi connectivity index (χ3n) is 4.48. The number of nitrogens with zero attached hydrogens (tertiary/aromatic N) is 4. The Morgan fingerprint density at radius 3 is 2.81 bits per heavy atom. The lowest BCUT2D eigenvalue weighted by Crippen LogP contribution is -2.39. The molecule has 4 rings (SSSR count). The molecular weight excluding hydrogens is 350 g/mol. The van der Waals surface area contributed by atoms with E-state index in [1.807, 2.05) is 36.1 Å². The zero-order valence-corrected chi connectivity index (χ0v) is 15.4. The molecule has 1 atom stereocenters. The van der Waals surface area contributed by atoms with E-state index >= 15 is 0 Å². The standard InChI is InChI=1S/C18H19N5O2S/c1-11-5-7-13(8-6-11)20-16(25)14-4-3-9-22(14)18-21-23-15(24)10-12(2)19-17(23)26-18/h5-8,10,14H,3-4,9H2,1-2H3,(H,20,25)/t14-/m0/s1. The first-order chi connectivity index (χ1) is 12.5. The highest BCUT2D eigenvalue weighted by Gasteiger charge is 2.33. The fraction of sp³-hybridized carbons (Fsp3) is 0.333. The topological polar surface area (TPSA) is 79.6 Å². The summed E-state index contributed by atoms with van der Waals surface area (Å²) in [5, 5.41) is 8.02. The van der Waals surface area contributed by atoms with Crippen LogP contribution in [0.5, 0.6) is 0 Å². The van der Waals surface area contributed by atoms with Gasteiger partial charge in [0.05, 0.1) is 0 Å². The highest BCUT2D eigenvalue weighted by molar-refractivity contribution is 7.20. The Hall–Kier alpha value is -2.74. The molecule has 1 aliphatic heterocycles. The van der Waals surface area contributed by atoms with Gasteiger partial charge in [-0.1, -0.05) is 29.0 Å². The van der Waals surface area contributed by atoms with Crippen molar-refractivity contribution in [3.8, 4) is 0 Å². The van der Waals surface area contributed by atoms with Gasteiger partial charge in [-0.15, -0.1) is 5.10 Å². The Labute approximate surface area is 154 Å². The molecule has 7 nitrogen and oxygen atoms in total. The third-order valence-corrected chi connectivity index (χ3v) is 5.43. The van der Waals surface area contributed by atoms with E-state index < -0.39 is 0 Å². The molecule has 134 valence electrons. The number of aryl methyl sites for hydroxylation is 2. The lowest BCUT2D eigenvalue weighted by atomic mass is 10.2. The number of anilines is 2. The van der Waals surface area contributed by atoms with Crippen LogP contribution in [0.3, 0.4) is 0 Å². The van der Waals surface area contributed by atoms with E-state index in [1.54, 1.807) is 6.92 Å². The van der Waals surface area contributed by atoms with Crippen LogP contribution in [0.25, 0.3) is 4.96 Å². The predicted octanol–water partition coefficient (Wildman–Crippen LogP) is 2.38. The van der Waals surface area contributed by atoms with Crippen LogP contribution in [-0.4, -0.2) is 33.1 Å². The van der Waals surface area contributed by atoms with Gasteiger partial charge >= 0.3 is 0 Å². The zero-order chi connectivity index (χ0) is 18.3. The van der Waals surface area contributed by atoms with E-state index in [4.69, 9.17) is 0 Å². The molecule has 1 amide bonds. The molecule has 2 aromatic heterocycles. The number of hydrogen-bond acceptors (Lipinski definition) is 6. The summed E-state index contributed by atoms with van der Waals surface area (Å²) in [6, 6.07) is 8.90. The van der Waals surface area contributed by atoms with Crippen molar-refractivity contribution in [2.45, 2.75) is 32.7 Å². The Morgan fingerprint density at radius 2 is 2.04 bits per heavy atom. The van der Waals surface area contributed by atoms with Gasteiger partial charge in [-0.25, -0.2) is 4.98 Å². The highest BCUT2D eigenvalue weighted by Crippen LogP contribution is 2.29. The van der Waals surface area contributed by atoms with Crippen molar-refractivity contribution in [2.24, 2.45) is 0 Å². The number of carbonyl (C=O) groups excluding carboxylic acids is 1. The van der Waals surface area contributed by atoms with Crippen molar-refractivity contribution < 1.29 is 4.79 Å². The average Bonchev–Trinajstić information content (AvgIpc) is 3.23. The molecule has 8 heteroatoms. The summed E-state index contributed by atoms with van der Waals surface area (Å²) in [7, 11) is 0. The number of amides is 1. The maximum atomic E-state index is 12.8. The van der Waals surface area contributed by atoms with E-state index in [0.717, 1.165) is 30.6 Å². The molecule has 0 aliphatic carbocycles. The molecule has 1 saturated heterocycles. The lowest BCUT2D eigenvalue weighted by Gasteiger charge is -2.22. The maximum absolute atomic E-state index is 12.8. The summed E-state index contributed by atoms with van der Waals surface area (Å²) < 4.78 is 1.31. The quantitative estimate of drug-likeness (QED) is 0.767. The van der Waals surface area contributed by atoms with Crippen LogP contribution in [0.2, 0.25) is 0 Å². The lowest BCUT2D eigenvalue weighted by molar-refractivity contribution is -0.117. The van der Waals surface area contributed by atoms with Gasteiger partial charge in [-0.3, -0.25) is 9.59 Å². The number of fused-ring (bicyclic) bond motifs is 1. The number of nitrogens with one attached hydrogen (secondary N) is 1. The van der Waals surface area contributed by atoms with Crippen LogP contribution in [0.15, 0.2) is 35.1 Å². The fourth-order valence-corrected chi connectivity index (χ4v) is 4.19. The molecule has 26 heavy (non-hydrogen) atoms. The van der Waals surface area contributed by atoms with Crippen LogP contribution in [0, 0.1) is 13.8 Å². The molecule has 1 fully saturated rings. The minimum absolute atomic E-state index is 0.0536. The minimum atomic E-state index is -0.298.